The van der Waals surface area contributed by atoms with Crippen molar-refractivity contribution >= 4 is 17.5 Å². The monoisotopic (exact) mass is 255 g/mol. The van der Waals surface area contributed by atoms with Crippen molar-refractivity contribution in [2.24, 2.45) is 0 Å². The van der Waals surface area contributed by atoms with Crippen molar-refractivity contribution in [3.63, 3.8) is 0 Å². The van der Waals surface area contributed by atoms with Gasteiger partial charge in [-0.2, -0.15) is 0 Å². The van der Waals surface area contributed by atoms with Gasteiger partial charge in [0.25, 0.3) is 5.91 Å². The zero-order chi connectivity index (χ0) is 12.3. The molecular weight excluding hydrogens is 238 g/mol. The summed E-state index contributed by atoms with van der Waals surface area (Å²) < 4.78 is 1.87. The molecule has 0 spiro atoms. The molecule has 5 heteroatoms. The fourth-order valence-corrected chi connectivity index (χ4v) is 2.38. The minimum atomic E-state index is -0.0348. The number of halogens is 1. The van der Waals surface area contributed by atoms with E-state index in [1.54, 1.807) is 12.3 Å². The van der Waals surface area contributed by atoms with Crippen LogP contribution in [0.15, 0.2) is 12.3 Å². The fourth-order valence-electron chi connectivity index (χ4n) is 2.16. The average Bonchev–Trinajstić information content (AvgIpc) is 2.72. The van der Waals surface area contributed by atoms with Crippen molar-refractivity contribution in [1.82, 2.24) is 15.2 Å². The van der Waals surface area contributed by atoms with Crippen LogP contribution in [0.3, 0.4) is 0 Å². The van der Waals surface area contributed by atoms with Gasteiger partial charge in [-0.15, -0.1) is 0 Å². The maximum absolute atomic E-state index is 12.1. The van der Waals surface area contributed by atoms with E-state index in [9.17, 15) is 4.79 Å². The Morgan fingerprint density at radius 1 is 1.71 bits per heavy atom. The van der Waals surface area contributed by atoms with E-state index >= 15 is 0 Å². The first-order valence-electron chi connectivity index (χ1n) is 6.08. The molecule has 0 saturated carbocycles. The summed E-state index contributed by atoms with van der Waals surface area (Å²) in [6.45, 7) is 4.64. The first kappa shape index (κ1) is 12.5. The molecule has 2 heterocycles. The van der Waals surface area contributed by atoms with E-state index in [-0.39, 0.29) is 11.9 Å². The Bertz CT molecular complexity index is 396. The molecule has 1 aliphatic rings. The summed E-state index contributed by atoms with van der Waals surface area (Å²) in [5, 5.41) is 6.93. The van der Waals surface area contributed by atoms with Crippen LogP contribution >= 0.6 is 11.6 Å². The lowest BCUT2D eigenvalue weighted by Gasteiger charge is -2.23. The highest BCUT2D eigenvalue weighted by Crippen LogP contribution is 2.14. The fraction of sp³-hybridized carbons (Fsp3) is 0.583. The van der Waals surface area contributed by atoms with Crippen molar-refractivity contribution in [2.45, 2.75) is 32.4 Å². The number of hydrogen-bond acceptors (Lipinski definition) is 2. The molecule has 0 bridgehead atoms. The first-order valence-corrected chi connectivity index (χ1v) is 6.45. The minimum Gasteiger partial charge on any atom is -0.347 e. The molecule has 94 valence electrons. The minimum absolute atomic E-state index is 0.0348. The van der Waals surface area contributed by atoms with E-state index < -0.39 is 0 Å². The highest BCUT2D eigenvalue weighted by Gasteiger charge is 2.18. The second-order valence-corrected chi connectivity index (χ2v) is 4.78. The van der Waals surface area contributed by atoms with E-state index in [2.05, 4.69) is 10.6 Å². The van der Waals surface area contributed by atoms with Crippen LogP contribution in [0.5, 0.6) is 0 Å². The van der Waals surface area contributed by atoms with Crippen LogP contribution in [0.1, 0.15) is 30.3 Å². The number of hydrogen-bond donors (Lipinski definition) is 2. The molecule has 0 aliphatic carbocycles. The van der Waals surface area contributed by atoms with Gasteiger partial charge in [0.2, 0.25) is 0 Å². The number of nitrogens with zero attached hydrogens (tertiary/aromatic N) is 1. The molecule has 2 N–H and O–H groups in total. The molecule has 1 unspecified atom stereocenters. The Morgan fingerprint density at radius 3 is 3.18 bits per heavy atom. The normalized spacial score (nSPS) is 20.2. The van der Waals surface area contributed by atoms with Crippen LogP contribution in [-0.2, 0) is 6.54 Å². The summed E-state index contributed by atoms with van der Waals surface area (Å²) in [5.41, 5.74) is 0.642. The third-order valence-corrected chi connectivity index (χ3v) is 3.28. The number of amides is 1. The molecule has 4 nitrogen and oxygen atoms in total. The van der Waals surface area contributed by atoms with Gasteiger partial charge in [-0.3, -0.25) is 4.79 Å². The van der Waals surface area contributed by atoms with Gasteiger partial charge in [0.1, 0.15) is 5.69 Å². The topological polar surface area (TPSA) is 46.1 Å². The van der Waals surface area contributed by atoms with E-state index in [1.165, 1.54) is 0 Å². The van der Waals surface area contributed by atoms with Gasteiger partial charge in [-0.05, 0) is 32.4 Å². The van der Waals surface area contributed by atoms with Gasteiger partial charge in [-0.1, -0.05) is 11.6 Å². The third kappa shape index (κ3) is 3.01. The smallest absolute Gasteiger partial charge is 0.268 e. The highest BCUT2D eigenvalue weighted by molar-refractivity contribution is 6.31. The van der Waals surface area contributed by atoms with Crippen LogP contribution in [0.25, 0.3) is 0 Å². The molecule has 1 aromatic rings. The van der Waals surface area contributed by atoms with E-state index in [0.717, 1.165) is 32.5 Å². The summed E-state index contributed by atoms with van der Waals surface area (Å²) >= 11 is 5.92. The summed E-state index contributed by atoms with van der Waals surface area (Å²) in [6.07, 6.45) is 3.94. The zero-order valence-electron chi connectivity index (χ0n) is 10.0. The van der Waals surface area contributed by atoms with E-state index in [0.29, 0.717) is 10.7 Å². The van der Waals surface area contributed by atoms with Gasteiger partial charge >= 0.3 is 0 Å². The second-order valence-electron chi connectivity index (χ2n) is 4.35. The number of aryl methyl sites for hydroxylation is 1. The molecule has 1 aromatic heterocycles. The van der Waals surface area contributed by atoms with Crippen molar-refractivity contribution in [3.05, 3.63) is 23.0 Å². The number of piperidine rings is 1. The molecule has 0 radical (unpaired) electrons. The van der Waals surface area contributed by atoms with Crippen molar-refractivity contribution in [3.8, 4) is 0 Å². The zero-order valence-corrected chi connectivity index (χ0v) is 10.8. The molecule has 1 saturated heterocycles. The maximum atomic E-state index is 12.1. The molecule has 17 heavy (non-hydrogen) atoms. The molecule has 1 fully saturated rings. The Hall–Kier alpha value is -1.00. The lowest BCUT2D eigenvalue weighted by molar-refractivity contribution is 0.0921. The van der Waals surface area contributed by atoms with Gasteiger partial charge in [-0.25, -0.2) is 0 Å². The van der Waals surface area contributed by atoms with Crippen molar-refractivity contribution in [2.75, 3.05) is 13.1 Å². The lowest BCUT2D eigenvalue weighted by Crippen LogP contribution is -2.46. The van der Waals surface area contributed by atoms with Crippen LogP contribution in [0.4, 0.5) is 0 Å². The number of nitrogens with one attached hydrogen (secondary N) is 2. The summed E-state index contributed by atoms with van der Waals surface area (Å²) in [7, 11) is 0. The SMILES string of the molecule is CCn1cc(Cl)cc1C(=O)NC1CCCNC1. The van der Waals surface area contributed by atoms with Crippen LogP contribution < -0.4 is 10.6 Å². The molecule has 2 rings (SSSR count). The Balaban J connectivity index is 2.02. The molecule has 0 aromatic carbocycles. The predicted octanol–water partition coefficient (Wildman–Crippen LogP) is 1.64. The Morgan fingerprint density at radius 2 is 2.53 bits per heavy atom. The summed E-state index contributed by atoms with van der Waals surface area (Å²) in [4.78, 5) is 12.1. The number of carbonyl (C=O) groups is 1. The van der Waals surface area contributed by atoms with E-state index in [1.807, 2.05) is 11.5 Å². The number of aromatic nitrogens is 1. The molecule has 1 amide bonds. The Labute approximate surface area is 106 Å². The van der Waals surface area contributed by atoms with Gasteiger partial charge in [0.15, 0.2) is 0 Å². The van der Waals surface area contributed by atoms with Gasteiger partial charge < -0.3 is 15.2 Å². The van der Waals surface area contributed by atoms with Gasteiger partial charge in [0.05, 0.1) is 5.02 Å². The van der Waals surface area contributed by atoms with Gasteiger partial charge in [0, 0.05) is 25.3 Å². The van der Waals surface area contributed by atoms with Crippen LogP contribution in [0.2, 0.25) is 5.02 Å². The number of rotatable bonds is 3. The predicted molar refractivity (Wildman–Crippen MR) is 68.5 cm³/mol. The molecular formula is C12H18ClN3O. The van der Waals surface area contributed by atoms with Crippen LogP contribution in [-0.4, -0.2) is 29.6 Å². The standard InChI is InChI=1S/C12H18ClN3O/c1-2-16-8-9(13)6-11(16)12(17)15-10-4-3-5-14-7-10/h6,8,10,14H,2-5,7H2,1H3,(H,15,17). The first-order chi connectivity index (χ1) is 8.20. The largest absolute Gasteiger partial charge is 0.347 e. The molecule has 1 atom stereocenters. The van der Waals surface area contributed by atoms with Crippen LogP contribution in [0, 0.1) is 0 Å². The van der Waals surface area contributed by atoms with Crippen molar-refractivity contribution in [1.29, 1.82) is 0 Å². The molecule has 1 aliphatic heterocycles. The lowest BCUT2D eigenvalue weighted by atomic mass is 10.1. The Kier molecular flexibility index (Phi) is 4.07. The van der Waals surface area contributed by atoms with Crippen molar-refractivity contribution < 1.29 is 4.79 Å². The maximum Gasteiger partial charge on any atom is 0.268 e. The third-order valence-electron chi connectivity index (χ3n) is 3.07. The summed E-state index contributed by atoms with van der Waals surface area (Å²) in [6, 6.07) is 1.95. The highest BCUT2D eigenvalue weighted by atomic mass is 35.5. The quantitative estimate of drug-likeness (QED) is 0.863. The second kappa shape index (κ2) is 5.56. The van der Waals surface area contributed by atoms with E-state index in [4.69, 9.17) is 11.6 Å². The average molecular weight is 256 g/mol. The number of carbonyl (C=O) groups excluding carboxylic acids is 1. The summed E-state index contributed by atoms with van der Waals surface area (Å²) in [5.74, 6) is -0.0348.